The Morgan fingerprint density at radius 1 is 0.810 bits per heavy atom. The molecule has 0 saturated carbocycles. The van der Waals surface area contributed by atoms with E-state index in [2.05, 4.69) is 16.0 Å². The van der Waals surface area contributed by atoms with Crippen LogP contribution in [-0.2, 0) is 9.59 Å². The van der Waals surface area contributed by atoms with Crippen LogP contribution in [0.1, 0.15) is 15.9 Å². The van der Waals surface area contributed by atoms with Crippen molar-refractivity contribution in [3.05, 3.63) is 119 Å². The second-order valence-electron chi connectivity index (χ2n) is 8.81. The van der Waals surface area contributed by atoms with Gasteiger partial charge in [-0.25, -0.2) is 0 Å². The van der Waals surface area contributed by atoms with Crippen LogP contribution in [-0.4, -0.2) is 37.7 Å². The Hall–Kier alpha value is -4.73. The zero-order chi connectivity index (χ0) is 29.9. The van der Waals surface area contributed by atoms with Gasteiger partial charge in [-0.05, 0) is 78.9 Å². The lowest BCUT2D eigenvalue weighted by atomic mass is 10.1. The van der Waals surface area contributed by atoms with E-state index in [0.29, 0.717) is 39.0 Å². The van der Waals surface area contributed by atoms with Crippen LogP contribution in [0.2, 0.25) is 5.02 Å². The van der Waals surface area contributed by atoms with Crippen molar-refractivity contribution >= 4 is 58.5 Å². The topological polar surface area (TPSA) is 106 Å². The molecule has 0 aromatic heterocycles. The van der Waals surface area contributed by atoms with Crippen molar-refractivity contribution in [2.75, 3.05) is 30.6 Å². The van der Waals surface area contributed by atoms with E-state index in [1.807, 2.05) is 0 Å². The van der Waals surface area contributed by atoms with Crippen LogP contribution in [0.15, 0.2) is 108 Å². The maximum absolute atomic E-state index is 13.4. The van der Waals surface area contributed by atoms with Crippen LogP contribution in [0.5, 0.6) is 11.5 Å². The highest BCUT2D eigenvalue weighted by atomic mass is 35.5. The second kappa shape index (κ2) is 14.8. The summed E-state index contributed by atoms with van der Waals surface area (Å²) < 4.78 is 10.8. The first-order chi connectivity index (χ1) is 20.3. The molecule has 0 unspecified atom stereocenters. The molecule has 0 aliphatic carbocycles. The summed E-state index contributed by atoms with van der Waals surface area (Å²) in [5, 5.41) is 8.88. The maximum Gasteiger partial charge on any atom is 0.272 e. The minimum absolute atomic E-state index is 0.00606. The van der Waals surface area contributed by atoms with E-state index in [0.717, 1.165) is 4.90 Å². The Labute approximate surface area is 253 Å². The van der Waals surface area contributed by atoms with Gasteiger partial charge < -0.3 is 25.4 Å². The molecular weight excluding hydrogens is 574 g/mol. The highest BCUT2D eigenvalue weighted by Gasteiger charge is 2.17. The Kier molecular flexibility index (Phi) is 10.6. The zero-order valence-corrected chi connectivity index (χ0v) is 24.4. The van der Waals surface area contributed by atoms with Gasteiger partial charge in [0.05, 0.1) is 20.0 Å². The molecule has 3 amide bonds. The monoisotopic (exact) mass is 601 g/mol. The third-order valence-corrected chi connectivity index (χ3v) is 7.10. The number of nitrogens with one attached hydrogen (secondary N) is 3. The van der Waals surface area contributed by atoms with Gasteiger partial charge in [0.15, 0.2) is 0 Å². The summed E-state index contributed by atoms with van der Waals surface area (Å²) in [6.45, 7) is 0. The summed E-state index contributed by atoms with van der Waals surface area (Å²) in [6.07, 6.45) is 1.53. The van der Waals surface area contributed by atoms with Crippen LogP contribution in [0.4, 0.5) is 11.4 Å². The lowest BCUT2D eigenvalue weighted by Crippen LogP contribution is -2.30. The van der Waals surface area contributed by atoms with Crippen molar-refractivity contribution in [3.63, 3.8) is 0 Å². The molecule has 0 spiro atoms. The van der Waals surface area contributed by atoms with E-state index >= 15 is 0 Å². The van der Waals surface area contributed by atoms with Crippen LogP contribution >= 0.6 is 23.4 Å². The summed E-state index contributed by atoms with van der Waals surface area (Å²) in [6, 6.07) is 27.7. The summed E-state index contributed by atoms with van der Waals surface area (Å²) in [4.78, 5) is 39.5. The van der Waals surface area contributed by atoms with E-state index in [1.165, 1.54) is 32.1 Å². The molecule has 4 aromatic rings. The molecular formula is C32H28ClN3O5S. The van der Waals surface area contributed by atoms with Gasteiger partial charge in [0, 0.05) is 32.4 Å². The van der Waals surface area contributed by atoms with Gasteiger partial charge in [0.25, 0.3) is 11.8 Å². The Morgan fingerprint density at radius 2 is 1.57 bits per heavy atom. The predicted molar refractivity (Wildman–Crippen MR) is 167 cm³/mol. The highest BCUT2D eigenvalue weighted by molar-refractivity contribution is 8.00. The number of thioether (sulfide) groups is 1. The first-order valence-corrected chi connectivity index (χ1v) is 14.1. The first-order valence-electron chi connectivity index (χ1n) is 12.7. The lowest BCUT2D eigenvalue weighted by molar-refractivity contribution is -0.114. The molecule has 0 fully saturated rings. The smallest absolute Gasteiger partial charge is 0.272 e. The number of anilines is 2. The fraction of sp³-hybridized carbons (Fsp3) is 0.0938. The molecule has 0 bridgehead atoms. The number of methoxy groups -OCH3 is 2. The van der Waals surface area contributed by atoms with E-state index in [-0.39, 0.29) is 17.4 Å². The van der Waals surface area contributed by atoms with E-state index < -0.39 is 11.8 Å². The molecule has 10 heteroatoms. The zero-order valence-electron chi connectivity index (χ0n) is 22.8. The van der Waals surface area contributed by atoms with Gasteiger partial charge in [-0.1, -0.05) is 35.9 Å². The summed E-state index contributed by atoms with van der Waals surface area (Å²) in [7, 11) is 3.05. The largest absolute Gasteiger partial charge is 0.497 e. The number of hydrogen-bond acceptors (Lipinski definition) is 6. The molecule has 4 rings (SSSR count). The van der Waals surface area contributed by atoms with E-state index in [9.17, 15) is 14.4 Å². The van der Waals surface area contributed by atoms with Crippen LogP contribution < -0.4 is 25.4 Å². The van der Waals surface area contributed by atoms with E-state index in [1.54, 1.807) is 97.1 Å². The van der Waals surface area contributed by atoms with Crippen molar-refractivity contribution in [3.8, 4) is 11.5 Å². The van der Waals surface area contributed by atoms with Crippen LogP contribution in [0.25, 0.3) is 6.08 Å². The molecule has 0 atom stereocenters. The normalized spacial score (nSPS) is 10.9. The van der Waals surface area contributed by atoms with Gasteiger partial charge in [-0.3, -0.25) is 14.4 Å². The molecule has 4 aromatic carbocycles. The molecule has 0 aliphatic heterocycles. The number of benzene rings is 4. The average Bonchev–Trinajstić information content (AvgIpc) is 3.00. The predicted octanol–water partition coefficient (Wildman–Crippen LogP) is 6.50. The van der Waals surface area contributed by atoms with Crippen molar-refractivity contribution in [2.45, 2.75) is 4.90 Å². The number of amides is 3. The first kappa shape index (κ1) is 30.2. The van der Waals surface area contributed by atoms with Crippen molar-refractivity contribution < 1.29 is 23.9 Å². The molecule has 214 valence electrons. The molecule has 3 N–H and O–H groups in total. The number of halogens is 1. The third-order valence-electron chi connectivity index (χ3n) is 5.86. The summed E-state index contributed by atoms with van der Waals surface area (Å²) in [5.74, 6) is 0.101. The average molecular weight is 602 g/mol. The second-order valence-corrected chi connectivity index (χ2v) is 10.3. The minimum Gasteiger partial charge on any atom is -0.497 e. The number of hydrogen-bond donors (Lipinski definition) is 3. The maximum atomic E-state index is 13.4. The molecule has 0 radical (unpaired) electrons. The number of carbonyl (C=O) groups excluding carboxylic acids is 3. The van der Waals surface area contributed by atoms with Crippen molar-refractivity contribution in [2.24, 2.45) is 0 Å². The molecule has 0 aliphatic rings. The standard InChI is InChI=1S/C32H28ClN3O5S/c1-40-26-13-16-29(41-2)22(17-26)18-28(36-31(38)21-7-4-3-5-8-21)32(39)35-24-11-14-27(15-12-24)42-20-30(37)34-25-10-6-9-23(33)19-25/h3-19H,20H2,1-2H3,(H,34,37)(H,35,39)(H,36,38)/b28-18-. The quantitative estimate of drug-likeness (QED) is 0.134. The van der Waals surface area contributed by atoms with Gasteiger partial charge in [-0.2, -0.15) is 0 Å². The minimum atomic E-state index is -0.537. The van der Waals surface area contributed by atoms with Gasteiger partial charge in [0.2, 0.25) is 5.91 Å². The Bertz CT molecular complexity index is 1590. The molecule has 0 heterocycles. The fourth-order valence-electron chi connectivity index (χ4n) is 3.80. The molecule has 0 saturated heterocycles. The number of carbonyl (C=O) groups is 3. The molecule has 8 nitrogen and oxygen atoms in total. The lowest BCUT2D eigenvalue weighted by Gasteiger charge is -2.13. The SMILES string of the molecule is COc1ccc(OC)c(/C=C(\NC(=O)c2ccccc2)C(=O)Nc2ccc(SCC(=O)Nc3cccc(Cl)c3)cc2)c1. The number of rotatable bonds is 11. The van der Waals surface area contributed by atoms with Crippen LogP contribution in [0.3, 0.4) is 0 Å². The van der Waals surface area contributed by atoms with Crippen LogP contribution in [0, 0.1) is 0 Å². The Balaban J connectivity index is 1.47. The summed E-state index contributed by atoms with van der Waals surface area (Å²) in [5.41, 5.74) is 2.07. The van der Waals surface area contributed by atoms with Gasteiger partial charge in [0.1, 0.15) is 17.2 Å². The number of ether oxygens (including phenoxy) is 2. The van der Waals surface area contributed by atoms with Crippen molar-refractivity contribution in [1.29, 1.82) is 0 Å². The van der Waals surface area contributed by atoms with E-state index in [4.69, 9.17) is 21.1 Å². The van der Waals surface area contributed by atoms with Crippen molar-refractivity contribution in [1.82, 2.24) is 5.32 Å². The third kappa shape index (κ3) is 8.63. The van der Waals surface area contributed by atoms with Gasteiger partial charge in [-0.15, -0.1) is 11.8 Å². The summed E-state index contributed by atoms with van der Waals surface area (Å²) >= 11 is 7.32. The van der Waals surface area contributed by atoms with Gasteiger partial charge >= 0.3 is 0 Å². The highest BCUT2D eigenvalue weighted by Crippen LogP contribution is 2.27. The Morgan fingerprint density at radius 3 is 2.26 bits per heavy atom. The molecule has 42 heavy (non-hydrogen) atoms. The fourth-order valence-corrected chi connectivity index (χ4v) is 4.68.